The van der Waals surface area contributed by atoms with Crippen molar-refractivity contribution in [1.82, 2.24) is 0 Å². The highest BCUT2D eigenvalue weighted by molar-refractivity contribution is 6.38. The summed E-state index contributed by atoms with van der Waals surface area (Å²) >= 11 is 0. The van der Waals surface area contributed by atoms with Gasteiger partial charge in [-0.1, -0.05) is 0 Å². The molecule has 0 N–H and O–H groups in total. The highest BCUT2D eigenvalue weighted by Crippen LogP contribution is 2.17. The Bertz CT molecular complexity index is 557. The van der Waals surface area contributed by atoms with Crippen LogP contribution in [-0.4, -0.2) is 43.5 Å². The van der Waals surface area contributed by atoms with E-state index in [4.69, 9.17) is 9.47 Å². The second-order valence-electron chi connectivity index (χ2n) is 5.21. The molecule has 1 fully saturated rings. The maximum Gasteiger partial charge on any atom is 0.375 e. The Balaban J connectivity index is 1.84. The number of carbonyl (C=O) groups is 3. The molecule has 1 saturated heterocycles. The average Bonchev–Trinajstić information content (AvgIpc) is 3.07. The van der Waals surface area contributed by atoms with Crippen molar-refractivity contribution in [1.29, 1.82) is 0 Å². The number of Topliss-reactive ketones (excluding diaryl/α,β-unsaturated/α-hetero) is 2. The van der Waals surface area contributed by atoms with E-state index < -0.39 is 24.0 Å². The van der Waals surface area contributed by atoms with E-state index in [0.717, 1.165) is 19.4 Å². The first-order chi connectivity index (χ1) is 11.1. The third-order valence-corrected chi connectivity index (χ3v) is 3.46. The van der Waals surface area contributed by atoms with Crippen LogP contribution in [0.4, 0.5) is 0 Å². The van der Waals surface area contributed by atoms with Gasteiger partial charge in [-0.2, -0.15) is 0 Å². The Morgan fingerprint density at radius 3 is 2.57 bits per heavy atom. The molecule has 1 unspecified atom stereocenters. The average molecular weight is 320 g/mol. The van der Waals surface area contributed by atoms with Crippen LogP contribution in [0, 0.1) is 0 Å². The first kappa shape index (κ1) is 17.1. The largest absolute Gasteiger partial charge is 0.491 e. The Hall–Kier alpha value is -2.21. The second kappa shape index (κ2) is 8.43. The molecule has 0 aliphatic carbocycles. The molecule has 2 rings (SSSR count). The lowest BCUT2D eigenvalue weighted by molar-refractivity contribution is -0.153. The lowest BCUT2D eigenvalue weighted by Gasteiger charge is -2.11. The highest BCUT2D eigenvalue weighted by Gasteiger charge is 2.20. The van der Waals surface area contributed by atoms with Gasteiger partial charge in [-0.3, -0.25) is 9.59 Å². The standard InChI is InChI=1S/C17H20O6/c1-2-21-17(20)16(19)10-15(18)12-5-7-13(8-6-12)23-11-14-4-3-9-22-14/h5-8,14H,2-4,9-11H2,1H3. The Morgan fingerprint density at radius 1 is 1.22 bits per heavy atom. The first-order valence-electron chi connectivity index (χ1n) is 7.67. The number of ether oxygens (including phenoxy) is 3. The van der Waals surface area contributed by atoms with Crippen molar-refractivity contribution < 1.29 is 28.6 Å². The summed E-state index contributed by atoms with van der Waals surface area (Å²) < 4.78 is 15.6. The van der Waals surface area contributed by atoms with Crippen LogP contribution >= 0.6 is 0 Å². The van der Waals surface area contributed by atoms with E-state index in [9.17, 15) is 14.4 Å². The van der Waals surface area contributed by atoms with E-state index >= 15 is 0 Å². The van der Waals surface area contributed by atoms with Crippen LogP contribution in [0.1, 0.15) is 36.5 Å². The van der Waals surface area contributed by atoms with Crippen molar-refractivity contribution in [2.45, 2.75) is 32.3 Å². The number of ketones is 2. The summed E-state index contributed by atoms with van der Waals surface area (Å²) in [6.45, 7) is 2.96. The summed E-state index contributed by atoms with van der Waals surface area (Å²) in [6.07, 6.45) is 1.68. The monoisotopic (exact) mass is 320 g/mol. The van der Waals surface area contributed by atoms with Crippen molar-refractivity contribution in [3.63, 3.8) is 0 Å². The van der Waals surface area contributed by atoms with Crippen molar-refractivity contribution >= 4 is 17.5 Å². The summed E-state index contributed by atoms with van der Waals surface area (Å²) in [6, 6.07) is 6.48. The van der Waals surface area contributed by atoms with Gasteiger partial charge >= 0.3 is 5.97 Å². The van der Waals surface area contributed by atoms with E-state index in [1.807, 2.05) is 0 Å². The predicted molar refractivity (Wildman–Crippen MR) is 81.5 cm³/mol. The molecule has 23 heavy (non-hydrogen) atoms. The molecule has 0 saturated carbocycles. The van der Waals surface area contributed by atoms with Gasteiger partial charge in [0.2, 0.25) is 5.78 Å². The second-order valence-corrected chi connectivity index (χ2v) is 5.21. The van der Waals surface area contributed by atoms with Crippen molar-refractivity contribution in [3.8, 4) is 5.75 Å². The van der Waals surface area contributed by atoms with Gasteiger partial charge in [0.1, 0.15) is 12.4 Å². The van der Waals surface area contributed by atoms with E-state index in [1.54, 1.807) is 31.2 Å². The molecule has 1 aromatic carbocycles. The fraction of sp³-hybridized carbons (Fsp3) is 0.471. The van der Waals surface area contributed by atoms with Crippen molar-refractivity contribution in [3.05, 3.63) is 29.8 Å². The summed E-state index contributed by atoms with van der Waals surface area (Å²) in [5, 5.41) is 0. The summed E-state index contributed by atoms with van der Waals surface area (Å²) in [5.74, 6) is -1.60. The van der Waals surface area contributed by atoms with Gasteiger partial charge in [-0.25, -0.2) is 4.79 Å². The van der Waals surface area contributed by atoms with Crippen LogP contribution in [0.15, 0.2) is 24.3 Å². The Labute approximate surface area is 134 Å². The smallest absolute Gasteiger partial charge is 0.375 e. The number of rotatable bonds is 8. The third-order valence-electron chi connectivity index (χ3n) is 3.46. The zero-order chi connectivity index (χ0) is 16.7. The number of hydrogen-bond acceptors (Lipinski definition) is 6. The van der Waals surface area contributed by atoms with Gasteiger partial charge in [-0.15, -0.1) is 0 Å². The van der Waals surface area contributed by atoms with Gasteiger partial charge < -0.3 is 14.2 Å². The molecule has 1 atom stereocenters. The lowest BCUT2D eigenvalue weighted by atomic mass is 10.1. The van der Waals surface area contributed by atoms with Crippen LogP contribution in [0.25, 0.3) is 0 Å². The normalized spacial score (nSPS) is 16.8. The van der Waals surface area contributed by atoms with E-state index in [1.165, 1.54) is 0 Å². The number of hydrogen-bond donors (Lipinski definition) is 0. The third kappa shape index (κ3) is 5.17. The number of carbonyl (C=O) groups excluding carboxylic acids is 3. The van der Waals surface area contributed by atoms with Crippen LogP contribution < -0.4 is 4.74 Å². The molecule has 0 spiro atoms. The van der Waals surface area contributed by atoms with Crippen molar-refractivity contribution in [2.24, 2.45) is 0 Å². The zero-order valence-electron chi connectivity index (χ0n) is 13.1. The summed E-state index contributed by atoms with van der Waals surface area (Å²) in [4.78, 5) is 34.7. The first-order valence-corrected chi connectivity index (χ1v) is 7.67. The summed E-state index contributed by atoms with van der Waals surface area (Å²) in [5.41, 5.74) is 0.354. The lowest BCUT2D eigenvalue weighted by Crippen LogP contribution is -2.20. The Kier molecular flexibility index (Phi) is 6.29. The molecule has 6 heteroatoms. The number of esters is 1. The molecule has 0 radical (unpaired) electrons. The maximum atomic E-state index is 12.0. The van der Waals surface area contributed by atoms with Crippen molar-refractivity contribution in [2.75, 3.05) is 19.8 Å². The SMILES string of the molecule is CCOC(=O)C(=O)CC(=O)c1ccc(OCC2CCCO2)cc1. The molecule has 1 aromatic rings. The van der Waals surface area contributed by atoms with E-state index in [0.29, 0.717) is 17.9 Å². The minimum Gasteiger partial charge on any atom is -0.491 e. The molecule has 1 aliphatic rings. The molecule has 1 aliphatic heterocycles. The minimum atomic E-state index is -0.975. The predicted octanol–water partition coefficient (Wildman–Crippen LogP) is 1.95. The molecular weight excluding hydrogens is 300 g/mol. The fourth-order valence-electron chi connectivity index (χ4n) is 2.23. The zero-order valence-corrected chi connectivity index (χ0v) is 13.1. The fourth-order valence-corrected chi connectivity index (χ4v) is 2.23. The van der Waals surface area contributed by atoms with Gasteiger partial charge in [0, 0.05) is 12.2 Å². The Morgan fingerprint density at radius 2 is 1.96 bits per heavy atom. The molecule has 1 heterocycles. The van der Waals surface area contributed by atoms with Gasteiger partial charge in [0.05, 0.1) is 19.1 Å². The highest BCUT2D eigenvalue weighted by atomic mass is 16.5. The van der Waals surface area contributed by atoms with Crippen LogP contribution in [0.2, 0.25) is 0 Å². The molecule has 0 aromatic heterocycles. The molecule has 0 bridgehead atoms. The minimum absolute atomic E-state index is 0.107. The van der Waals surface area contributed by atoms with Crippen LogP contribution in [0.5, 0.6) is 5.75 Å². The number of benzene rings is 1. The van der Waals surface area contributed by atoms with E-state index in [-0.39, 0.29) is 12.7 Å². The van der Waals surface area contributed by atoms with Gasteiger partial charge in [0.15, 0.2) is 5.78 Å². The molecule has 124 valence electrons. The molecular formula is C17H20O6. The quantitative estimate of drug-likeness (QED) is 0.315. The van der Waals surface area contributed by atoms with Crippen LogP contribution in [-0.2, 0) is 19.1 Å². The maximum absolute atomic E-state index is 12.0. The van der Waals surface area contributed by atoms with Gasteiger partial charge in [0.25, 0.3) is 0 Å². The topological polar surface area (TPSA) is 78.9 Å². The molecule has 0 amide bonds. The van der Waals surface area contributed by atoms with Gasteiger partial charge in [-0.05, 0) is 44.0 Å². The molecule has 6 nitrogen and oxygen atoms in total. The van der Waals surface area contributed by atoms with Crippen LogP contribution in [0.3, 0.4) is 0 Å². The van der Waals surface area contributed by atoms with E-state index in [2.05, 4.69) is 4.74 Å². The summed E-state index contributed by atoms with van der Waals surface area (Å²) in [7, 11) is 0.